The van der Waals surface area contributed by atoms with Gasteiger partial charge in [-0.25, -0.2) is 0 Å². The third kappa shape index (κ3) is 6.07. The summed E-state index contributed by atoms with van der Waals surface area (Å²) in [5.74, 6) is 0. The van der Waals surface area contributed by atoms with E-state index in [0.29, 0.717) is 24.8 Å². The van der Waals surface area contributed by atoms with Gasteiger partial charge in [0, 0.05) is 19.3 Å². The van der Waals surface area contributed by atoms with Crippen LogP contribution in [0.1, 0.15) is 37.8 Å². The Balaban J connectivity index is 2.71. The number of hydrogen-bond donors (Lipinski definition) is 0. The van der Waals surface area contributed by atoms with E-state index in [4.69, 9.17) is 8.85 Å². The average molecular weight is 305 g/mol. The van der Waals surface area contributed by atoms with Crippen LogP contribution in [-0.4, -0.2) is 22.5 Å². The maximum atomic E-state index is 12.7. The van der Waals surface area contributed by atoms with Gasteiger partial charge in [0.25, 0.3) is 0 Å². The molecular formula is C14H20F3O2Si. The van der Waals surface area contributed by atoms with Gasteiger partial charge in [-0.15, -0.1) is 0 Å². The molecule has 0 bridgehead atoms. The van der Waals surface area contributed by atoms with E-state index in [1.54, 1.807) is 6.07 Å². The lowest BCUT2D eigenvalue weighted by atomic mass is 10.1. The molecule has 0 saturated heterocycles. The van der Waals surface area contributed by atoms with Crippen molar-refractivity contribution >= 4 is 9.28 Å². The van der Waals surface area contributed by atoms with Gasteiger partial charge in [-0.3, -0.25) is 0 Å². The number of benzene rings is 1. The minimum Gasteiger partial charge on any atom is -0.393 e. The predicted octanol–water partition coefficient (Wildman–Crippen LogP) is 4.13. The molecule has 1 aromatic carbocycles. The molecule has 20 heavy (non-hydrogen) atoms. The van der Waals surface area contributed by atoms with Crippen LogP contribution in [-0.2, 0) is 21.1 Å². The van der Waals surface area contributed by atoms with E-state index in [1.165, 1.54) is 12.1 Å². The SMILES string of the molecule is CCCO[Si](Cc1cccc(C(F)(F)F)c1)OCCC. The molecule has 2 nitrogen and oxygen atoms in total. The van der Waals surface area contributed by atoms with E-state index in [-0.39, 0.29) is 0 Å². The standard InChI is InChI=1S/C14H20F3O2Si/c1-3-8-18-20(19-9-4-2)11-12-6-5-7-13(10-12)14(15,16)17/h5-7,10H,3-4,8-9,11H2,1-2H3. The molecule has 0 fully saturated rings. The van der Waals surface area contributed by atoms with Crippen LogP contribution >= 0.6 is 0 Å². The molecule has 0 amide bonds. The van der Waals surface area contributed by atoms with Crippen molar-refractivity contribution in [3.8, 4) is 0 Å². The molecule has 0 atom stereocenters. The molecule has 1 rings (SSSR count). The minimum atomic E-state index is -4.31. The van der Waals surface area contributed by atoms with E-state index in [0.717, 1.165) is 18.9 Å². The Kier molecular flexibility index (Phi) is 7.26. The van der Waals surface area contributed by atoms with Gasteiger partial charge >= 0.3 is 15.5 Å². The summed E-state index contributed by atoms with van der Waals surface area (Å²) < 4.78 is 49.2. The van der Waals surface area contributed by atoms with Crippen molar-refractivity contribution in [3.63, 3.8) is 0 Å². The fraction of sp³-hybridized carbons (Fsp3) is 0.571. The Labute approximate surface area is 119 Å². The number of hydrogen-bond acceptors (Lipinski definition) is 2. The second-order valence-corrected chi connectivity index (χ2v) is 6.12. The van der Waals surface area contributed by atoms with Crippen molar-refractivity contribution in [2.24, 2.45) is 0 Å². The molecule has 0 heterocycles. The van der Waals surface area contributed by atoms with Gasteiger partial charge in [0.15, 0.2) is 0 Å². The second kappa shape index (κ2) is 8.44. The van der Waals surface area contributed by atoms with Crippen molar-refractivity contribution in [1.29, 1.82) is 0 Å². The van der Waals surface area contributed by atoms with Gasteiger partial charge in [-0.2, -0.15) is 13.2 Å². The molecule has 0 aliphatic carbocycles. The van der Waals surface area contributed by atoms with E-state index in [2.05, 4.69) is 0 Å². The van der Waals surface area contributed by atoms with E-state index in [1.807, 2.05) is 13.8 Å². The van der Waals surface area contributed by atoms with Crippen molar-refractivity contribution in [2.75, 3.05) is 13.2 Å². The molecule has 0 aliphatic rings. The summed E-state index contributed by atoms with van der Waals surface area (Å²) in [6.45, 7) is 5.14. The normalized spacial score (nSPS) is 12.1. The zero-order valence-electron chi connectivity index (χ0n) is 11.8. The Morgan fingerprint density at radius 1 is 1.05 bits per heavy atom. The largest absolute Gasteiger partial charge is 0.416 e. The molecule has 0 saturated carbocycles. The first kappa shape index (κ1) is 17.2. The summed E-state index contributed by atoms with van der Waals surface area (Å²) in [6.07, 6.45) is -2.57. The van der Waals surface area contributed by atoms with Gasteiger partial charge in [-0.1, -0.05) is 32.0 Å². The fourth-order valence-electron chi connectivity index (χ4n) is 1.60. The number of alkyl halides is 3. The molecule has 113 valence electrons. The maximum Gasteiger partial charge on any atom is 0.416 e. The highest BCUT2D eigenvalue weighted by Gasteiger charge is 2.30. The lowest BCUT2D eigenvalue weighted by Gasteiger charge is -2.15. The molecule has 0 aromatic heterocycles. The third-order valence-electron chi connectivity index (χ3n) is 2.54. The molecule has 6 heteroatoms. The van der Waals surface area contributed by atoms with E-state index < -0.39 is 21.0 Å². The van der Waals surface area contributed by atoms with Gasteiger partial charge in [-0.05, 0) is 24.5 Å². The lowest BCUT2D eigenvalue weighted by molar-refractivity contribution is -0.137. The quantitative estimate of drug-likeness (QED) is 0.672. The van der Waals surface area contributed by atoms with Crippen LogP contribution < -0.4 is 0 Å². The van der Waals surface area contributed by atoms with Gasteiger partial charge in [0.2, 0.25) is 0 Å². The van der Waals surface area contributed by atoms with Crippen molar-refractivity contribution in [3.05, 3.63) is 35.4 Å². The average Bonchev–Trinajstić information content (AvgIpc) is 2.41. The Morgan fingerprint density at radius 2 is 1.65 bits per heavy atom. The van der Waals surface area contributed by atoms with Crippen LogP contribution in [0.15, 0.2) is 24.3 Å². The zero-order valence-corrected chi connectivity index (χ0v) is 12.8. The first-order valence-corrected chi connectivity index (χ1v) is 8.27. The highest BCUT2D eigenvalue weighted by atomic mass is 28.3. The Bertz CT molecular complexity index is 388. The topological polar surface area (TPSA) is 18.5 Å². The summed E-state index contributed by atoms with van der Waals surface area (Å²) in [6, 6.07) is 5.79. The minimum absolute atomic E-state index is 0.425. The molecular weight excluding hydrogens is 285 g/mol. The van der Waals surface area contributed by atoms with Crippen molar-refractivity contribution < 1.29 is 22.0 Å². The van der Waals surface area contributed by atoms with Crippen molar-refractivity contribution in [2.45, 2.75) is 38.9 Å². The highest BCUT2D eigenvalue weighted by molar-refractivity contribution is 6.43. The first-order chi connectivity index (χ1) is 9.47. The number of rotatable bonds is 8. The summed E-state index contributed by atoms with van der Waals surface area (Å²) in [7, 11) is -1.55. The Morgan fingerprint density at radius 3 is 2.15 bits per heavy atom. The van der Waals surface area contributed by atoms with Crippen LogP contribution in [0, 0.1) is 0 Å². The van der Waals surface area contributed by atoms with E-state index in [9.17, 15) is 13.2 Å². The predicted molar refractivity (Wildman–Crippen MR) is 73.4 cm³/mol. The maximum absolute atomic E-state index is 12.7. The molecule has 0 aliphatic heterocycles. The summed E-state index contributed by atoms with van der Waals surface area (Å²) in [4.78, 5) is 0. The smallest absolute Gasteiger partial charge is 0.393 e. The second-order valence-electron chi connectivity index (χ2n) is 4.44. The fourth-order valence-corrected chi connectivity index (χ4v) is 3.30. The van der Waals surface area contributed by atoms with Gasteiger partial charge < -0.3 is 8.85 Å². The Hall–Kier alpha value is -0.853. The van der Waals surface area contributed by atoms with Crippen LogP contribution in [0.2, 0.25) is 0 Å². The van der Waals surface area contributed by atoms with Crippen LogP contribution in [0.3, 0.4) is 0 Å². The lowest BCUT2D eigenvalue weighted by Crippen LogP contribution is -2.27. The zero-order chi connectivity index (χ0) is 15.0. The van der Waals surface area contributed by atoms with Crippen LogP contribution in [0.4, 0.5) is 13.2 Å². The third-order valence-corrected chi connectivity index (χ3v) is 4.29. The molecule has 0 spiro atoms. The molecule has 0 unspecified atom stereocenters. The first-order valence-electron chi connectivity index (χ1n) is 6.75. The van der Waals surface area contributed by atoms with Crippen LogP contribution in [0.25, 0.3) is 0 Å². The summed E-state index contributed by atoms with van der Waals surface area (Å²) in [5, 5.41) is 0. The number of halogens is 3. The monoisotopic (exact) mass is 305 g/mol. The van der Waals surface area contributed by atoms with Crippen molar-refractivity contribution in [1.82, 2.24) is 0 Å². The van der Waals surface area contributed by atoms with Gasteiger partial charge in [0.05, 0.1) is 5.56 Å². The van der Waals surface area contributed by atoms with Crippen LogP contribution in [0.5, 0.6) is 0 Å². The summed E-state index contributed by atoms with van der Waals surface area (Å²) >= 11 is 0. The highest BCUT2D eigenvalue weighted by Crippen LogP contribution is 2.29. The van der Waals surface area contributed by atoms with E-state index >= 15 is 0 Å². The molecule has 0 N–H and O–H groups in total. The summed E-state index contributed by atoms with van der Waals surface area (Å²) in [5.41, 5.74) is -0.0109. The molecule has 1 radical (unpaired) electrons. The molecule has 1 aromatic rings. The van der Waals surface area contributed by atoms with Gasteiger partial charge in [0.1, 0.15) is 0 Å².